The summed E-state index contributed by atoms with van der Waals surface area (Å²) in [6.45, 7) is 2.88. The Labute approximate surface area is 112 Å². The van der Waals surface area contributed by atoms with Gasteiger partial charge in [-0.3, -0.25) is 4.68 Å². The molecule has 2 aromatic rings. The van der Waals surface area contributed by atoms with Crippen LogP contribution in [-0.2, 0) is 20.0 Å². The summed E-state index contributed by atoms with van der Waals surface area (Å²) in [5, 5.41) is 12.1. The second-order valence-electron chi connectivity index (χ2n) is 4.50. The summed E-state index contributed by atoms with van der Waals surface area (Å²) in [5.74, 6) is 0. The summed E-state index contributed by atoms with van der Waals surface area (Å²) >= 11 is 5.96. The van der Waals surface area contributed by atoms with Gasteiger partial charge in [-0.2, -0.15) is 0 Å². The third-order valence-electron chi connectivity index (χ3n) is 2.71. The summed E-state index contributed by atoms with van der Waals surface area (Å²) in [6.07, 6.45) is 2.86. The molecular formula is C13H17ClN4. The normalized spacial score (nSPS) is 12.6. The van der Waals surface area contributed by atoms with Gasteiger partial charge in [0.15, 0.2) is 0 Å². The van der Waals surface area contributed by atoms with E-state index in [1.54, 1.807) is 4.68 Å². The maximum Gasteiger partial charge on any atom is 0.0964 e. The molecule has 18 heavy (non-hydrogen) atoms. The number of nitrogens with zero attached hydrogens (tertiary/aromatic N) is 3. The molecule has 0 spiro atoms. The number of nitrogens with one attached hydrogen (secondary N) is 1. The Kier molecular flexibility index (Phi) is 4.33. The van der Waals surface area contributed by atoms with Crippen LogP contribution in [0.4, 0.5) is 0 Å². The van der Waals surface area contributed by atoms with Crippen molar-refractivity contribution >= 4 is 11.6 Å². The minimum absolute atomic E-state index is 0.366. The molecule has 1 N–H and O–H groups in total. The average Bonchev–Trinajstić information content (AvgIpc) is 2.73. The molecule has 0 aliphatic rings. The Bertz CT molecular complexity index is 509. The fraction of sp³-hybridized carbons (Fsp3) is 0.385. The molecule has 1 aromatic heterocycles. The van der Waals surface area contributed by atoms with Gasteiger partial charge in [-0.05, 0) is 31.0 Å². The van der Waals surface area contributed by atoms with Crippen LogP contribution < -0.4 is 5.32 Å². The molecule has 0 aliphatic heterocycles. The minimum atomic E-state index is 0.366. The van der Waals surface area contributed by atoms with Crippen LogP contribution in [0.2, 0.25) is 5.02 Å². The average molecular weight is 265 g/mol. The maximum atomic E-state index is 5.96. The summed E-state index contributed by atoms with van der Waals surface area (Å²) in [4.78, 5) is 0. The van der Waals surface area contributed by atoms with Crippen molar-refractivity contribution < 1.29 is 0 Å². The quantitative estimate of drug-likeness (QED) is 0.900. The lowest BCUT2D eigenvalue weighted by Crippen LogP contribution is -2.27. The van der Waals surface area contributed by atoms with Gasteiger partial charge in [-0.25, -0.2) is 0 Å². The zero-order valence-electron chi connectivity index (χ0n) is 10.6. The molecule has 0 radical (unpaired) electrons. The van der Waals surface area contributed by atoms with Crippen LogP contribution >= 0.6 is 11.6 Å². The van der Waals surface area contributed by atoms with Crippen molar-refractivity contribution in [3.63, 3.8) is 0 Å². The van der Waals surface area contributed by atoms with Gasteiger partial charge in [-0.1, -0.05) is 28.9 Å². The molecule has 4 nitrogen and oxygen atoms in total. The van der Waals surface area contributed by atoms with Crippen LogP contribution in [0.5, 0.6) is 0 Å². The van der Waals surface area contributed by atoms with E-state index in [4.69, 9.17) is 11.6 Å². The Hall–Kier alpha value is -1.39. The monoisotopic (exact) mass is 264 g/mol. The van der Waals surface area contributed by atoms with Gasteiger partial charge in [0.25, 0.3) is 0 Å². The van der Waals surface area contributed by atoms with Crippen LogP contribution in [0.25, 0.3) is 0 Å². The third kappa shape index (κ3) is 3.82. The summed E-state index contributed by atoms with van der Waals surface area (Å²) in [6, 6.07) is 8.33. The second kappa shape index (κ2) is 5.98. The van der Waals surface area contributed by atoms with Gasteiger partial charge in [0.1, 0.15) is 0 Å². The molecule has 0 amide bonds. The fourth-order valence-electron chi connectivity index (χ4n) is 1.84. The maximum absolute atomic E-state index is 5.96. The van der Waals surface area contributed by atoms with Crippen molar-refractivity contribution in [1.82, 2.24) is 20.3 Å². The van der Waals surface area contributed by atoms with Crippen molar-refractivity contribution in [2.24, 2.45) is 7.05 Å². The molecule has 0 bridgehead atoms. The highest BCUT2D eigenvalue weighted by Crippen LogP contribution is 2.12. The first-order valence-electron chi connectivity index (χ1n) is 5.96. The lowest BCUT2D eigenvalue weighted by atomic mass is 10.1. The SMILES string of the molecule is CC(Cc1cccc(Cl)c1)NCc1cn(C)nn1. The smallest absolute Gasteiger partial charge is 0.0964 e. The summed E-state index contributed by atoms with van der Waals surface area (Å²) in [7, 11) is 1.87. The summed E-state index contributed by atoms with van der Waals surface area (Å²) in [5.41, 5.74) is 2.19. The minimum Gasteiger partial charge on any atom is -0.308 e. The van der Waals surface area contributed by atoms with Crippen molar-refractivity contribution in [3.05, 3.63) is 46.7 Å². The lowest BCUT2D eigenvalue weighted by molar-refractivity contribution is 0.539. The van der Waals surface area contributed by atoms with Gasteiger partial charge in [0.2, 0.25) is 0 Å². The van der Waals surface area contributed by atoms with Crippen LogP contribution in [0.15, 0.2) is 30.5 Å². The van der Waals surface area contributed by atoms with Crippen LogP contribution in [-0.4, -0.2) is 21.0 Å². The molecule has 5 heteroatoms. The first-order valence-corrected chi connectivity index (χ1v) is 6.34. The molecule has 0 saturated carbocycles. The third-order valence-corrected chi connectivity index (χ3v) is 2.95. The number of aromatic nitrogens is 3. The van der Waals surface area contributed by atoms with E-state index in [1.807, 2.05) is 31.4 Å². The van der Waals surface area contributed by atoms with Crippen molar-refractivity contribution in [2.45, 2.75) is 25.9 Å². The standard InChI is InChI=1S/C13H17ClN4/c1-10(6-11-4-3-5-12(14)7-11)15-8-13-9-18(2)17-16-13/h3-5,7,9-10,15H,6,8H2,1-2H3. The fourth-order valence-corrected chi connectivity index (χ4v) is 2.06. The van der Waals surface area contributed by atoms with E-state index >= 15 is 0 Å². The van der Waals surface area contributed by atoms with Crippen molar-refractivity contribution in [2.75, 3.05) is 0 Å². The highest BCUT2D eigenvalue weighted by atomic mass is 35.5. The van der Waals surface area contributed by atoms with Crippen LogP contribution in [0.3, 0.4) is 0 Å². The Balaban J connectivity index is 1.83. The van der Waals surface area contributed by atoms with E-state index in [1.165, 1.54) is 5.56 Å². The molecule has 96 valence electrons. The molecular weight excluding hydrogens is 248 g/mol. The van der Waals surface area contributed by atoms with E-state index < -0.39 is 0 Å². The first-order chi connectivity index (χ1) is 8.63. The predicted molar refractivity (Wildman–Crippen MR) is 72.5 cm³/mol. The zero-order valence-corrected chi connectivity index (χ0v) is 11.4. The number of hydrogen-bond acceptors (Lipinski definition) is 3. The number of benzene rings is 1. The number of rotatable bonds is 5. The molecule has 1 atom stereocenters. The Morgan fingerprint density at radius 3 is 2.94 bits per heavy atom. The van der Waals surface area contributed by atoms with E-state index in [0.29, 0.717) is 6.04 Å². The van der Waals surface area contributed by atoms with Crippen molar-refractivity contribution in [1.29, 1.82) is 0 Å². The van der Waals surface area contributed by atoms with E-state index in [-0.39, 0.29) is 0 Å². The largest absolute Gasteiger partial charge is 0.308 e. The van der Waals surface area contributed by atoms with Gasteiger partial charge >= 0.3 is 0 Å². The second-order valence-corrected chi connectivity index (χ2v) is 4.94. The van der Waals surface area contributed by atoms with Crippen LogP contribution in [0.1, 0.15) is 18.2 Å². The molecule has 1 heterocycles. The highest BCUT2D eigenvalue weighted by Gasteiger charge is 2.05. The van der Waals surface area contributed by atoms with Gasteiger partial charge in [0, 0.05) is 30.9 Å². The van der Waals surface area contributed by atoms with E-state index in [2.05, 4.69) is 28.6 Å². The van der Waals surface area contributed by atoms with E-state index in [0.717, 1.165) is 23.7 Å². The number of halogens is 1. The summed E-state index contributed by atoms with van der Waals surface area (Å²) < 4.78 is 1.71. The molecule has 0 saturated heterocycles. The van der Waals surface area contributed by atoms with E-state index in [9.17, 15) is 0 Å². The molecule has 2 rings (SSSR count). The zero-order chi connectivity index (χ0) is 13.0. The molecule has 0 aliphatic carbocycles. The van der Waals surface area contributed by atoms with Gasteiger partial charge in [-0.15, -0.1) is 5.10 Å². The predicted octanol–water partition coefficient (Wildman–Crippen LogP) is 2.19. The van der Waals surface area contributed by atoms with Crippen LogP contribution in [0, 0.1) is 0 Å². The number of hydrogen-bond donors (Lipinski definition) is 1. The molecule has 1 unspecified atom stereocenters. The lowest BCUT2D eigenvalue weighted by Gasteiger charge is -2.12. The topological polar surface area (TPSA) is 42.7 Å². The first kappa shape index (κ1) is 13.1. The van der Waals surface area contributed by atoms with Gasteiger partial charge in [0.05, 0.1) is 5.69 Å². The molecule has 1 aromatic carbocycles. The van der Waals surface area contributed by atoms with Crippen molar-refractivity contribution in [3.8, 4) is 0 Å². The Morgan fingerprint density at radius 2 is 2.28 bits per heavy atom. The Morgan fingerprint density at radius 1 is 1.44 bits per heavy atom. The highest BCUT2D eigenvalue weighted by molar-refractivity contribution is 6.30. The van der Waals surface area contributed by atoms with Gasteiger partial charge < -0.3 is 5.32 Å². The molecule has 0 fully saturated rings. The number of aryl methyl sites for hydroxylation is 1.